The van der Waals surface area contributed by atoms with E-state index in [1.807, 2.05) is 22.8 Å². The lowest BCUT2D eigenvalue weighted by Crippen LogP contribution is -1.88. The largest absolute Gasteiger partial charge is 0.361 e. The third-order valence-electron chi connectivity index (χ3n) is 2.18. The molecule has 0 aliphatic rings. The number of nitrogens with zero attached hydrogens (tertiary/aromatic N) is 3. The number of rotatable bonds is 1. The van der Waals surface area contributed by atoms with Crippen LogP contribution in [0.15, 0.2) is 37.1 Å². The van der Waals surface area contributed by atoms with Crippen LogP contribution in [0.4, 0.5) is 0 Å². The van der Waals surface area contributed by atoms with Gasteiger partial charge in [0.2, 0.25) is 0 Å². The predicted molar refractivity (Wildman–Crippen MR) is 52.1 cm³/mol. The van der Waals surface area contributed by atoms with E-state index in [-0.39, 0.29) is 0 Å². The second-order valence-corrected chi connectivity index (χ2v) is 3.03. The molecule has 1 radical (unpaired) electrons. The summed E-state index contributed by atoms with van der Waals surface area (Å²) in [6, 6.07) is 9.17. The first kappa shape index (κ1) is 7.32. The standard InChI is InChI=1S/C10H7N4/c1-2-10-8(3-4-11-10)5-9(1)14-6-12-13-7-14/h1-2,4-7,11H. The molecule has 3 rings (SSSR count). The summed E-state index contributed by atoms with van der Waals surface area (Å²) in [5.74, 6) is 0. The molecule has 0 atom stereocenters. The molecule has 0 saturated carbocycles. The molecule has 0 amide bonds. The van der Waals surface area contributed by atoms with Gasteiger partial charge >= 0.3 is 0 Å². The average Bonchev–Trinajstić information content (AvgIpc) is 2.88. The lowest BCUT2D eigenvalue weighted by Gasteiger charge is -1.99. The highest BCUT2D eigenvalue weighted by Gasteiger charge is 1.98. The van der Waals surface area contributed by atoms with Gasteiger partial charge in [-0.05, 0) is 18.2 Å². The summed E-state index contributed by atoms with van der Waals surface area (Å²) in [7, 11) is 0. The van der Waals surface area contributed by atoms with Gasteiger partial charge in [-0.15, -0.1) is 10.2 Å². The van der Waals surface area contributed by atoms with Crippen LogP contribution in [-0.4, -0.2) is 19.7 Å². The van der Waals surface area contributed by atoms with Gasteiger partial charge in [-0.2, -0.15) is 0 Å². The van der Waals surface area contributed by atoms with Gasteiger partial charge in [0, 0.05) is 28.9 Å². The number of nitrogens with one attached hydrogen (secondary N) is 1. The Balaban J connectivity index is 2.23. The Morgan fingerprint density at radius 3 is 2.93 bits per heavy atom. The highest BCUT2D eigenvalue weighted by molar-refractivity contribution is 5.80. The normalized spacial score (nSPS) is 10.9. The highest BCUT2D eigenvalue weighted by atomic mass is 15.2. The summed E-state index contributed by atoms with van der Waals surface area (Å²) in [5.41, 5.74) is 2.13. The van der Waals surface area contributed by atoms with Gasteiger partial charge in [0.25, 0.3) is 0 Å². The molecule has 0 unspecified atom stereocenters. The summed E-state index contributed by atoms with van der Waals surface area (Å²) < 4.78 is 1.86. The first-order valence-electron chi connectivity index (χ1n) is 4.27. The molecule has 2 aromatic heterocycles. The molecule has 0 bridgehead atoms. The summed E-state index contributed by atoms with van der Waals surface area (Å²) >= 11 is 0. The second kappa shape index (κ2) is 2.70. The van der Waals surface area contributed by atoms with E-state index in [4.69, 9.17) is 0 Å². The minimum atomic E-state index is 1.04. The zero-order valence-electron chi connectivity index (χ0n) is 7.31. The van der Waals surface area contributed by atoms with Gasteiger partial charge in [0.1, 0.15) is 12.7 Å². The summed E-state index contributed by atoms with van der Waals surface area (Å²) in [4.78, 5) is 3.10. The van der Waals surface area contributed by atoms with Crippen molar-refractivity contribution in [2.45, 2.75) is 0 Å². The SMILES string of the molecule is [c]1c[nH]c2ccc(-n3cnnc3)cc12. The van der Waals surface area contributed by atoms with Crippen LogP contribution >= 0.6 is 0 Å². The molecular formula is C10H7N4. The summed E-state index contributed by atoms with van der Waals surface area (Å²) in [5, 5.41) is 8.59. The van der Waals surface area contributed by atoms with Crippen LogP contribution in [0.25, 0.3) is 16.6 Å². The van der Waals surface area contributed by atoms with Crippen molar-refractivity contribution in [2.75, 3.05) is 0 Å². The zero-order chi connectivity index (χ0) is 9.38. The van der Waals surface area contributed by atoms with Crippen molar-refractivity contribution in [3.63, 3.8) is 0 Å². The van der Waals surface area contributed by atoms with E-state index >= 15 is 0 Å². The van der Waals surface area contributed by atoms with Crippen molar-refractivity contribution in [1.82, 2.24) is 19.7 Å². The smallest absolute Gasteiger partial charge is 0.123 e. The molecule has 14 heavy (non-hydrogen) atoms. The van der Waals surface area contributed by atoms with Crippen LogP contribution in [-0.2, 0) is 0 Å². The van der Waals surface area contributed by atoms with E-state index < -0.39 is 0 Å². The number of H-pyrrole nitrogens is 1. The second-order valence-electron chi connectivity index (χ2n) is 3.03. The molecule has 0 aliphatic carbocycles. The van der Waals surface area contributed by atoms with E-state index in [9.17, 15) is 0 Å². The van der Waals surface area contributed by atoms with Gasteiger partial charge in [0.15, 0.2) is 0 Å². The van der Waals surface area contributed by atoms with Crippen LogP contribution in [0.3, 0.4) is 0 Å². The number of fused-ring (bicyclic) bond motifs is 1. The molecule has 0 saturated heterocycles. The number of hydrogen-bond donors (Lipinski definition) is 1. The van der Waals surface area contributed by atoms with Crippen LogP contribution in [0.5, 0.6) is 0 Å². The van der Waals surface area contributed by atoms with Crippen molar-refractivity contribution in [2.24, 2.45) is 0 Å². The Morgan fingerprint density at radius 2 is 2.07 bits per heavy atom. The minimum absolute atomic E-state index is 1.04. The fourth-order valence-electron chi connectivity index (χ4n) is 1.46. The summed E-state index contributed by atoms with van der Waals surface area (Å²) in [6.07, 6.45) is 5.16. The Morgan fingerprint density at radius 1 is 1.21 bits per heavy atom. The molecule has 3 aromatic rings. The molecule has 2 heterocycles. The monoisotopic (exact) mass is 183 g/mol. The fourth-order valence-corrected chi connectivity index (χ4v) is 1.46. The van der Waals surface area contributed by atoms with Crippen LogP contribution in [0, 0.1) is 6.07 Å². The number of aromatic amines is 1. The van der Waals surface area contributed by atoms with Crippen LogP contribution in [0.1, 0.15) is 0 Å². The molecule has 0 spiro atoms. The van der Waals surface area contributed by atoms with E-state index in [1.54, 1.807) is 18.9 Å². The Hall–Kier alpha value is -2.10. The van der Waals surface area contributed by atoms with Gasteiger partial charge in [-0.1, -0.05) is 0 Å². The molecule has 67 valence electrons. The van der Waals surface area contributed by atoms with Gasteiger partial charge in [-0.3, -0.25) is 4.57 Å². The maximum Gasteiger partial charge on any atom is 0.123 e. The molecule has 1 aromatic carbocycles. The molecule has 0 aliphatic heterocycles. The quantitative estimate of drug-likeness (QED) is 0.622. The van der Waals surface area contributed by atoms with Crippen molar-refractivity contribution in [1.29, 1.82) is 0 Å². The molecule has 1 N–H and O–H groups in total. The van der Waals surface area contributed by atoms with Gasteiger partial charge < -0.3 is 4.98 Å². The van der Waals surface area contributed by atoms with Gasteiger partial charge in [0.05, 0.1) is 0 Å². The Bertz CT molecular complexity index is 550. The third-order valence-corrected chi connectivity index (χ3v) is 2.18. The van der Waals surface area contributed by atoms with Crippen molar-refractivity contribution in [3.05, 3.63) is 43.1 Å². The number of aromatic nitrogens is 4. The molecule has 4 nitrogen and oxygen atoms in total. The van der Waals surface area contributed by atoms with Crippen molar-refractivity contribution < 1.29 is 0 Å². The topological polar surface area (TPSA) is 46.5 Å². The number of benzene rings is 1. The van der Waals surface area contributed by atoms with Crippen molar-refractivity contribution in [3.8, 4) is 5.69 Å². The third kappa shape index (κ3) is 1.01. The maximum atomic E-state index is 3.76. The Kier molecular flexibility index (Phi) is 1.41. The number of hydrogen-bond acceptors (Lipinski definition) is 2. The van der Waals surface area contributed by atoms with Crippen molar-refractivity contribution >= 4 is 10.9 Å². The zero-order valence-corrected chi connectivity index (χ0v) is 7.31. The van der Waals surface area contributed by atoms with E-state index in [0.29, 0.717) is 0 Å². The molecule has 0 fully saturated rings. The van der Waals surface area contributed by atoms with E-state index in [1.165, 1.54) is 0 Å². The van der Waals surface area contributed by atoms with E-state index in [0.717, 1.165) is 16.6 Å². The first-order valence-corrected chi connectivity index (χ1v) is 4.27. The lowest BCUT2D eigenvalue weighted by molar-refractivity contribution is 1.06. The molecule has 4 heteroatoms. The Labute approximate surface area is 80.2 Å². The minimum Gasteiger partial charge on any atom is -0.361 e. The predicted octanol–water partition coefficient (Wildman–Crippen LogP) is 1.55. The maximum absolute atomic E-state index is 3.76. The van der Waals surface area contributed by atoms with Gasteiger partial charge in [-0.25, -0.2) is 0 Å². The lowest BCUT2D eigenvalue weighted by atomic mass is 10.2. The highest BCUT2D eigenvalue weighted by Crippen LogP contribution is 2.15. The van der Waals surface area contributed by atoms with Crippen LogP contribution < -0.4 is 0 Å². The summed E-state index contributed by atoms with van der Waals surface area (Å²) in [6.45, 7) is 0. The van der Waals surface area contributed by atoms with Crippen LogP contribution in [0.2, 0.25) is 0 Å². The fraction of sp³-hybridized carbons (Fsp3) is 0. The average molecular weight is 183 g/mol. The molecular weight excluding hydrogens is 176 g/mol. The van der Waals surface area contributed by atoms with E-state index in [2.05, 4.69) is 21.2 Å². The first-order chi connectivity index (χ1) is 6.93.